The second kappa shape index (κ2) is 7.49. The summed E-state index contributed by atoms with van der Waals surface area (Å²) in [6.07, 6.45) is 2.39. The number of nitrogens with two attached hydrogens (primary N) is 1. The molecule has 0 fully saturated rings. The molecule has 0 atom stereocenters. The van der Waals surface area contributed by atoms with Crippen molar-refractivity contribution in [2.45, 2.75) is 26.2 Å². The number of phenolic OH excluding ortho intramolecular Hbond substituents is 2. The Morgan fingerprint density at radius 1 is 1.22 bits per heavy atom. The van der Waals surface area contributed by atoms with E-state index in [0.717, 1.165) is 30.5 Å². The number of phenols is 2. The minimum atomic E-state index is -0.487. The fourth-order valence-corrected chi connectivity index (χ4v) is 2.38. The van der Waals surface area contributed by atoms with Gasteiger partial charge in [0.2, 0.25) is 0 Å². The van der Waals surface area contributed by atoms with Crippen LogP contribution in [0.5, 0.6) is 11.5 Å². The van der Waals surface area contributed by atoms with E-state index in [9.17, 15) is 15.0 Å². The summed E-state index contributed by atoms with van der Waals surface area (Å²) < 4.78 is 0. The first-order valence-electron chi connectivity index (χ1n) is 7.49. The lowest BCUT2D eigenvalue weighted by Gasteiger charge is -2.08. The van der Waals surface area contributed by atoms with Crippen LogP contribution in [0.4, 0.5) is 5.82 Å². The molecule has 0 radical (unpaired) electrons. The Morgan fingerprint density at radius 3 is 2.57 bits per heavy atom. The average molecular weight is 315 g/mol. The third kappa shape index (κ3) is 4.60. The maximum atomic E-state index is 11.9. The normalized spacial score (nSPS) is 10.5. The van der Waals surface area contributed by atoms with Crippen LogP contribution in [0.15, 0.2) is 30.3 Å². The maximum absolute atomic E-state index is 11.9. The summed E-state index contributed by atoms with van der Waals surface area (Å²) in [5.41, 5.74) is 7.63. The van der Waals surface area contributed by atoms with Crippen molar-refractivity contribution < 1.29 is 15.0 Å². The predicted octanol–water partition coefficient (Wildman–Crippen LogP) is 2.14. The standard InChI is InChI=1S/C17H21N3O3/c1-11-9-12(20-15(18)10-11)5-2-3-8-19-17(23)16-13(21)6-4-7-14(16)22/h4,6-7,9-10,21-22H,2-3,5,8H2,1H3,(H2,18,20)(H,19,23). The lowest BCUT2D eigenvalue weighted by Crippen LogP contribution is -2.24. The maximum Gasteiger partial charge on any atom is 0.258 e. The Bertz CT molecular complexity index is 661. The van der Waals surface area contributed by atoms with E-state index in [1.54, 1.807) is 0 Å². The zero-order chi connectivity index (χ0) is 16.8. The van der Waals surface area contributed by atoms with Crippen molar-refractivity contribution in [3.8, 4) is 11.5 Å². The highest BCUT2D eigenvalue weighted by molar-refractivity contribution is 5.99. The van der Waals surface area contributed by atoms with Crippen LogP contribution in [0.2, 0.25) is 0 Å². The fraction of sp³-hybridized carbons (Fsp3) is 0.294. The molecule has 2 aromatic rings. The number of anilines is 1. The van der Waals surface area contributed by atoms with Crippen LogP contribution in [-0.2, 0) is 6.42 Å². The molecular weight excluding hydrogens is 294 g/mol. The molecule has 5 N–H and O–H groups in total. The highest BCUT2D eigenvalue weighted by atomic mass is 16.3. The van der Waals surface area contributed by atoms with Gasteiger partial charge in [-0.15, -0.1) is 0 Å². The first-order valence-corrected chi connectivity index (χ1v) is 7.49. The number of nitrogen functional groups attached to an aromatic ring is 1. The molecule has 2 rings (SSSR count). The molecule has 0 spiro atoms. The number of carbonyl (C=O) groups is 1. The van der Waals surface area contributed by atoms with Gasteiger partial charge in [-0.05, 0) is 56.0 Å². The van der Waals surface area contributed by atoms with Gasteiger partial charge in [0.15, 0.2) is 0 Å². The van der Waals surface area contributed by atoms with Gasteiger partial charge in [0.1, 0.15) is 22.9 Å². The quantitative estimate of drug-likeness (QED) is 0.611. The lowest BCUT2D eigenvalue weighted by atomic mass is 10.1. The minimum Gasteiger partial charge on any atom is -0.507 e. The van der Waals surface area contributed by atoms with E-state index in [0.29, 0.717) is 12.4 Å². The number of hydrogen-bond acceptors (Lipinski definition) is 5. The fourth-order valence-electron chi connectivity index (χ4n) is 2.38. The molecule has 6 heteroatoms. The van der Waals surface area contributed by atoms with Gasteiger partial charge in [-0.3, -0.25) is 4.79 Å². The molecule has 0 aliphatic rings. The number of rotatable bonds is 6. The van der Waals surface area contributed by atoms with Crippen molar-refractivity contribution in [2.75, 3.05) is 12.3 Å². The molecule has 0 unspecified atom stereocenters. The van der Waals surface area contributed by atoms with Gasteiger partial charge in [-0.25, -0.2) is 4.98 Å². The van der Waals surface area contributed by atoms with Crippen molar-refractivity contribution in [3.63, 3.8) is 0 Å². The monoisotopic (exact) mass is 315 g/mol. The summed E-state index contributed by atoms with van der Waals surface area (Å²) in [6, 6.07) is 8.02. The molecular formula is C17H21N3O3. The van der Waals surface area contributed by atoms with Gasteiger partial charge in [0.05, 0.1) is 0 Å². The summed E-state index contributed by atoms with van der Waals surface area (Å²) in [4.78, 5) is 16.2. The van der Waals surface area contributed by atoms with E-state index in [-0.39, 0.29) is 17.1 Å². The molecule has 6 nitrogen and oxygen atoms in total. The zero-order valence-electron chi connectivity index (χ0n) is 13.0. The number of carbonyl (C=O) groups excluding carboxylic acids is 1. The van der Waals surface area contributed by atoms with E-state index >= 15 is 0 Å². The van der Waals surface area contributed by atoms with Crippen molar-refractivity contribution in [3.05, 3.63) is 47.2 Å². The third-order valence-electron chi connectivity index (χ3n) is 3.44. The van der Waals surface area contributed by atoms with E-state index in [1.165, 1.54) is 18.2 Å². The largest absolute Gasteiger partial charge is 0.507 e. The second-order valence-electron chi connectivity index (χ2n) is 5.44. The molecule has 1 heterocycles. The highest BCUT2D eigenvalue weighted by Crippen LogP contribution is 2.25. The topological polar surface area (TPSA) is 108 Å². The van der Waals surface area contributed by atoms with Crippen LogP contribution < -0.4 is 11.1 Å². The molecule has 0 saturated heterocycles. The van der Waals surface area contributed by atoms with Crippen molar-refractivity contribution in [2.24, 2.45) is 0 Å². The molecule has 0 aliphatic carbocycles. The van der Waals surface area contributed by atoms with Gasteiger partial charge in [-0.2, -0.15) is 0 Å². The minimum absolute atomic E-state index is 0.0966. The number of unbranched alkanes of at least 4 members (excludes halogenated alkanes) is 1. The number of hydrogen-bond donors (Lipinski definition) is 4. The van der Waals surface area contributed by atoms with E-state index in [2.05, 4.69) is 10.3 Å². The van der Waals surface area contributed by atoms with Crippen LogP contribution in [-0.4, -0.2) is 27.6 Å². The molecule has 0 aliphatic heterocycles. The van der Waals surface area contributed by atoms with Gasteiger partial charge in [0.25, 0.3) is 5.91 Å². The average Bonchev–Trinajstić information content (AvgIpc) is 2.45. The van der Waals surface area contributed by atoms with Crippen molar-refractivity contribution >= 4 is 11.7 Å². The number of aromatic nitrogens is 1. The van der Waals surface area contributed by atoms with Gasteiger partial charge < -0.3 is 21.3 Å². The molecule has 23 heavy (non-hydrogen) atoms. The SMILES string of the molecule is Cc1cc(N)nc(CCCCNC(=O)c2c(O)cccc2O)c1. The molecule has 1 aromatic carbocycles. The predicted molar refractivity (Wildman–Crippen MR) is 88.4 cm³/mol. The van der Waals surface area contributed by atoms with E-state index in [1.807, 2.05) is 19.1 Å². The molecule has 1 amide bonds. The number of nitrogens with zero attached hydrogens (tertiary/aromatic N) is 1. The number of aryl methyl sites for hydroxylation is 2. The van der Waals surface area contributed by atoms with E-state index < -0.39 is 5.91 Å². The van der Waals surface area contributed by atoms with Crippen LogP contribution in [0.25, 0.3) is 0 Å². The Morgan fingerprint density at radius 2 is 1.91 bits per heavy atom. The summed E-state index contributed by atoms with van der Waals surface area (Å²) in [5.74, 6) is -0.439. The first kappa shape index (κ1) is 16.6. The smallest absolute Gasteiger partial charge is 0.258 e. The number of benzene rings is 1. The zero-order valence-corrected chi connectivity index (χ0v) is 13.0. The Labute approximate surface area is 135 Å². The van der Waals surface area contributed by atoms with Crippen molar-refractivity contribution in [1.82, 2.24) is 10.3 Å². The summed E-state index contributed by atoms with van der Waals surface area (Å²) in [5, 5.41) is 21.9. The Balaban J connectivity index is 1.78. The highest BCUT2D eigenvalue weighted by Gasteiger charge is 2.15. The first-order chi connectivity index (χ1) is 11.0. The number of aromatic hydroxyl groups is 2. The number of nitrogens with one attached hydrogen (secondary N) is 1. The van der Waals surface area contributed by atoms with Crippen LogP contribution >= 0.6 is 0 Å². The summed E-state index contributed by atoms with van der Waals surface area (Å²) in [7, 11) is 0. The Hall–Kier alpha value is -2.76. The molecule has 1 aromatic heterocycles. The summed E-state index contributed by atoms with van der Waals surface area (Å²) in [6.45, 7) is 2.43. The van der Waals surface area contributed by atoms with Crippen LogP contribution in [0.1, 0.15) is 34.5 Å². The van der Waals surface area contributed by atoms with Gasteiger partial charge in [0, 0.05) is 12.2 Å². The van der Waals surface area contributed by atoms with Crippen molar-refractivity contribution in [1.29, 1.82) is 0 Å². The number of amides is 1. The second-order valence-corrected chi connectivity index (χ2v) is 5.44. The number of pyridine rings is 1. The Kier molecular flexibility index (Phi) is 5.41. The van der Waals surface area contributed by atoms with Crippen LogP contribution in [0, 0.1) is 6.92 Å². The van der Waals surface area contributed by atoms with Gasteiger partial charge >= 0.3 is 0 Å². The van der Waals surface area contributed by atoms with E-state index in [4.69, 9.17) is 5.73 Å². The van der Waals surface area contributed by atoms with Gasteiger partial charge in [-0.1, -0.05) is 6.07 Å². The molecule has 0 saturated carbocycles. The van der Waals surface area contributed by atoms with Crippen LogP contribution in [0.3, 0.4) is 0 Å². The molecule has 0 bridgehead atoms. The lowest BCUT2D eigenvalue weighted by molar-refractivity contribution is 0.0947. The molecule has 122 valence electrons. The summed E-state index contributed by atoms with van der Waals surface area (Å²) >= 11 is 0. The third-order valence-corrected chi connectivity index (χ3v) is 3.44.